The minimum atomic E-state index is -0.869. The van der Waals surface area contributed by atoms with Gasteiger partial charge in [-0.1, -0.05) is 6.42 Å². The third-order valence-electron chi connectivity index (χ3n) is 2.54. The maximum atomic E-state index is 10.8. The van der Waals surface area contributed by atoms with E-state index >= 15 is 0 Å². The summed E-state index contributed by atoms with van der Waals surface area (Å²) >= 11 is 0. The molecule has 1 N–H and O–H groups in total. The van der Waals surface area contributed by atoms with Crippen LogP contribution in [0.5, 0.6) is 0 Å². The van der Waals surface area contributed by atoms with Crippen molar-refractivity contribution in [1.82, 2.24) is 0 Å². The van der Waals surface area contributed by atoms with E-state index in [1.54, 1.807) is 0 Å². The second-order valence-corrected chi connectivity index (χ2v) is 3.42. The summed E-state index contributed by atoms with van der Waals surface area (Å²) in [6, 6.07) is 0. The zero-order valence-corrected chi connectivity index (χ0v) is 7.38. The summed E-state index contributed by atoms with van der Waals surface area (Å²) in [5.41, 5.74) is 1.28. The zero-order chi connectivity index (χ0) is 9.26. The molecule has 0 saturated heterocycles. The fourth-order valence-corrected chi connectivity index (χ4v) is 1.85. The highest BCUT2D eigenvalue weighted by Gasteiger charge is 2.19. The molecule has 0 saturated carbocycles. The summed E-state index contributed by atoms with van der Waals surface area (Å²) < 4.78 is 5.25. The smallest absolute Gasteiger partial charge is 0.339 e. The molecule has 0 spiro atoms. The van der Waals surface area contributed by atoms with Crippen molar-refractivity contribution in [1.29, 1.82) is 0 Å². The Labute approximate surface area is 76.4 Å². The Kier molecular flexibility index (Phi) is 2.08. The summed E-state index contributed by atoms with van der Waals surface area (Å²) in [6.07, 6.45) is 6.48. The van der Waals surface area contributed by atoms with Gasteiger partial charge < -0.3 is 9.52 Å². The van der Waals surface area contributed by atoms with Crippen LogP contribution in [0, 0.1) is 0 Å². The molecule has 0 atom stereocenters. The molecule has 0 aromatic carbocycles. The molecule has 0 unspecified atom stereocenters. The number of furan rings is 1. The highest BCUT2D eigenvalue weighted by Crippen LogP contribution is 2.25. The molecule has 2 rings (SSSR count). The maximum Gasteiger partial charge on any atom is 0.339 e. The van der Waals surface area contributed by atoms with Crippen molar-refractivity contribution in [3.05, 3.63) is 23.2 Å². The van der Waals surface area contributed by atoms with Crippen LogP contribution in [0.1, 0.15) is 40.9 Å². The first-order valence-electron chi connectivity index (χ1n) is 4.61. The number of aryl methyl sites for hydroxylation is 1. The van der Waals surface area contributed by atoms with Crippen molar-refractivity contribution in [3.8, 4) is 0 Å². The quantitative estimate of drug-likeness (QED) is 0.674. The predicted molar refractivity (Wildman–Crippen MR) is 46.9 cm³/mol. The summed E-state index contributed by atoms with van der Waals surface area (Å²) in [4.78, 5) is 10.8. The third-order valence-corrected chi connectivity index (χ3v) is 2.54. The van der Waals surface area contributed by atoms with Crippen LogP contribution in [0.2, 0.25) is 0 Å². The van der Waals surface area contributed by atoms with Crippen LogP contribution in [-0.4, -0.2) is 11.1 Å². The van der Waals surface area contributed by atoms with Gasteiger partial charge in [0.2, 0.25) is 0 Å². The van der Waals surface area contributed by atoms with Crippen molar-refractivity contribution in [2.24, 2.45) is 0 Å². The van der Waals surface area contributed by atoms with Gasteiger partial charge in [0.15, 0.2) is 0 Å². The molecule has 3 heteroatoms. The number of hydrogen-bond donors (Lipinski definition) is 1. The van der Waals surface area contributed by atoms with Crippen molar-refractivity contribution < 1.29 is 14.3 Å². The molecule has 70 valence electrons. The minimum Gasteiger partial charge on any atom is -0.478 e. The molecular formula is C10H12O3. The van der Waals surface area contributed by atoms with Crippen LogP contribution in [0.25, 0.3) is 0 Å². The van der Waals surface area contributed by atoms with Crippen molar-refractivity contribution in [3.63, 3.8) is 0 Å². The van der Waals surface area contributed by atoms with Crippen LogP contribution in [-0.2, 0) is 12.8 Å². The monoisotopic (exact) mass is 180 g/mol. The molecule has 0 fully saturated rings. The molecule has 1 aromatic heterocycles. The molecular weight excluding hydrogens is 168 g/mol. The van der Waals surface area contributed by atoms with E-state index in [1.165, 1.54) is 12.7 Å². The highest BCUT2D eigenvalue weighted by molar-refractivity contribution is 5.89. The topological polar surface area (TPSA) is 50.4 Å². The Morgan fingerprint density at radius 2 is 2.08 bits per heavy atom. The van der Waals surface area contributed by atoms with Gasteiger partial charge in [0.05, 0.1) is 0 Å². The van der Waals surface area contributed by atoms with Crippen LogP contribution in [0.15, 0.2) is 10.7 Å². The number of aromatic carboxylic acids is 1. The van der Waals surface area contributed by atoms with E-state index in [2.05, 4.69) is 0 Å². The Balaban J connectivity index is 2.39. The van der Waals surface area contributed by atoms with E-state index in [0.29, 0.717) is 5.56 Å². The summed E-state index contributed by atoms with van der Waals surface area (Å²) in [5.74, 6) is 0.0156. The number of carboxylic acids is 1. The average molecular weight is 180 g/mol. The Morgan fingerprint density at radius 3 is 2.85 bits per heavy atom. The molecule has 0 bridgehead atoms. The highest BCUT2D eigenvalue weighted by atomic mass is 16.4. The van der Waals surface area contributed by atoms with Crippen molar-refractivity contribution >= 4 is 5.97 Å². The molecule has 0 aliphatic heterocycles. The Bertz CT molecular complexity index is 325. The molecule has 3 nitrogen and oxygen atoms in total. The van der Waals surface area contributed by atoms with Crippen LogP contribution >= 0.6 is 0 Å². The molecule has 1 aliphatic rings. The fraction of sp³-hybridized carbons (Fsp3) is 0.500. The first-order valence-corrected chi connectivity index (χ1v) is 4.61. The third kappa shape index (κ3) is 1.46. The molecule has 1 aliphatic carbocycles. The first-order chi connectivity index (χ1) is 6.29. The molecule has 0 radical (unpaired) electrons. The standard InChI is InChI=1S/C10H12O3/c11-10(12)8-6-13-9-5-3-1-2-4-7(8)9/h6H,1-5H2,(H,11,12). The van der Waals surface area contributed by atoms with Gasteiger partial charge in [-0.25, -0.2) is 4.79 Å². The number of carboxylic acid groups (broad SMARTS) is 1. The SMILES string of the molecule is O=C(O)c1coc2c1CCCCC2. The van der Waals surface area contributed by atoms with Crippen molar-refractivity contribution in [2.45, 2.75) is 32.1 Å². The van der Waals surface area contributed by atoms with E-state index in [4.69, 9.17) is 9.52 Å². The van der Waals surface area contributed by atoms with E-state index in [9.17, 15) is 4.79 Å². The average Bonchev–Trinajstić information content (AvgIpc) is 2.36. The second kappa shape index (κ2) is 3.24. The second-order valence-electron chi connectivity index (χ2n) is 3.42. The number of rotatable bonds is 1. The van der Waals surface area contributed by atoms with Gasteiger partial charge >= 0.3 is 5.97 Å². The number of hydrogen-bond acceptors (Lipinski definition) is 2. The Hall–Kier alpha value is -1.25. The van der Waals surface area contributed by atoms with Gasteiger partial charge in [-0.3, -0.25) is 0 Å². The van der Waals surface area contributed by atoms with Gasteiger partial charge in [-0.05, 0) is 19.3 Å². The minimum absolute atomic E-state index is 0.358. The first kappa shape index (κ1) is 8.35. The van der Waals surface area contributed by atoms with E-state index in [1.807, 2.05) is 0 Å². The van der Waals surface area contributed by atoms with E-state index in [-0.39, 0.29) is 0 Å². The lowest BCUT2D eigenvalue weighted by Crippen LogP contribution is -1.99. The van der Waals surface area contributed by atoms with Crippen LogP contribution in [0.4, 0.5) is 0 Å². The summed E-state index contributed by atoms with van der Waals surface area (Å²) in [6.45, 7) is 0. The van der Waals surface area contributed by atoms with E-state index < -0.39 is 5.97 Å². The van der Waals surface area contributed by atoms with Gasteiger partial charge in [-0.2, -0.15) is 0 Å². The number of carbonyl (C=O) groups is 1. The lowest BCUT2D eigenvalue weighted by atomic mass is 10.1. The molecule has 0 amide bonds. The van der Waals surface area contributed by atoms with Gasteiger partial charge in [0, 0.05) is 12.0 Å². The van der Waals surface area contributed by atoms with Crippen molar-refractivity contribution in [2.75, 3.05) is 0 Å². The number of fused-ring (bicyclic) bond motifs is 1. The summed E-state index contributed by atoms with van der Waals surface area (Å²) in [5, 5.41) is 8.86. The predicted octanol–water partition coefficient (Wildman–Crippen LogP) is 2.25. The lowest BCUT2D eigenvalue weighted by molar-refractivity contribution is 0.0695. The summed E-state index contributed by atoms with van der Waals surface area (Å²) in [7, 11) is 0. The maximum absolute atomic E-state index is 10.8. The van der Waals surface area contributed by atoms with Gasteiger partial charge in [0.25, 0.3) is 0 Å². The Morgan fingerprint density at radius 1 is 1.31 bits per heavy atom. The zero-order valence-electron chi connectivity index (χ0n) is 7.38. The largest absolute Gasteiger partial charge is 0.478 e. The lowest BCUT2D eigenvalue weighted by Gasteiger charge is -1.96. The molecule has 13 heavy (non-hydrogen) atoms. The van der Waals surface area contributed by atoms with Gasteiger partial charge in [0.1, 0.15) is 17.6 Å². The molecule has 1 aromatic rings. The normalized spacial score (nSPS) is 16.3. The van der Waals surface area contributed by atoms with Crippen LogP contribution in [0.3, 0.4) is 0 Å². The van der Waals surface area contributed by atoms with E-state index in [0.717, 1.165) is 37.0 Å². The van der Waals surface area contributed by atoms with Crippen LogP contribution < -0.4 is 0 Å². The van der Waals surface area contributed by atoms with Gasteiger partial charge in [-0.15, -0.1) is 0 Å². The molecule has 1 heterocycles. The fourth-order valence-electron chi connectivity index (χ4n) is 1.85.